The van der Waals surface area contributed by atoms with Crippen molar-refractivity contribution in [2.75, 3.05) is 0 Å². The Balaban J connectivity index is 0. The van der Waals surface area contributed by atoms with Crippen LogP contribution in [-0.4, -0.2) is 19.1 Å². The predicted molar refractivity (Wildman–Crippen MR) is 112 cm³/mol. The van der Waals surface area contributed by atoms with E-state index >= 15 is 0 Å². The van der Waals surface area contributed by atoms with Gasteiger partial charge in [-0.2, -0.15) is 24.3 Å². The van der Waals surface area contributed by atoms with E-state index in [0.29, 0.717) is 0 Å². The van der Waals surface area contributed by atoms with E-state index in [-0.39, 0.29) is 42.1 Å². The SMILES string of the molecule is C[SiH](C)[N-]C(C)(C)C.Cc1cc2c(n1C)Cc1c[c-]ccc1-2.[CH3-].[CH3-].[Ti+4]. The maximum Gasteiger partial charge on any atom is 4.00 e. The molecule has 1 aromatic carbocycles. The van der Waals surface area contributed by atoms with Crippen LogP contribution in [0.2, 0.25) is 13.1 Å². The van der Waals surface area contributed by atoms with Crippen LogP contribution in [0.4, 0.5) is 0 Å². The fraction of sp³-hybridized carbons (Fsp3) is 0.429. The van der Waals surface area contributed by atoms with Gasteiger partial charge in [0.1, 0.15) is 0 Å². The summed E-state index contributed by atoms with van der Waals surface area (Å²) in [6.45, 7) is 13.1. The Morgan fingerprint density at radius 2 is 1.76 bits per heavy atom. The van der Waals surface area contributed by atoms with Crippen LogP contribution in [0.5, 0.6) is 0 Å². The first-order chi connectivity index (χ1) is 10.2. The Labute approximate surface area is 173 Å². The van der Waals surface area contributed by atoms with Crippen molar-refractivity contribution >= 4 is 8.96 Å². The molecule has 0 N–H and O–H groups in total. The first kappa shape index (κ1) is 26.6. The van der Waals surface area contributed by atoms with E-state index in [1.54, 1.807) is 0 Å². The third kappa shape index (κ3) is 6.90. The van der Waals surface area contributed by atoms with Crippen molar-refractivity contribution in [2.24, 2.45) is 7.05 Å². The van der Waals surface area contributed by atoms with Gasteiger partial charge >= 0.3 is 21.7 Å². The molecule has 1 aromatic heterocycles. The molecule has 0 radical (unpaired) electrons. The van der Waals surface area contributed by atoms with Crippen LogP contribution in [0.15, 0.2) is 24.3 Å². The standard InChI is InChI=1S/C13H12N.C6H16NSi.2CH3.Ti/c1-9-7-12-11-6-4-3-5-10(11)8-13(12)14(9)2;1-6(2,3)7-8(4)5;;;/h4-7H,8H2,1-2H3;8H,1-5H3;2*1H3;/q4*-1;+4. The van der Waals surface area contributed by atoms with Crippen LogP contribution >= 0.6 is 0 Å². The van der Waals surface area contributed by atoms with Gasteiger partial charge in [-0.15, -0.1) is 16.7 Å². The van der Waals surface area contributed by atoms with E-state index in [0.717, 1.165) is 6.42 Å². The van der Waals surface area contributed by atoms with Gasteiger partial charge in [0.25, 0.3) is 0 Å². The molecule has 0 saturated heterocycles. The molecular weight excluding hydrogens is 356 g/mol. The van der Waals surface area contributed by atoms with Crippen molar-refractivity contribution in [3.63, 3.8) is 0 Å². The molecule has 1 aliphatic rings. The summed E-state index contributed by atoms with van der Waals surface area (Å²) < 4.78 is 2.29. The number of aromatic nitrogens is 1. The zero-order valence-corrected chi connectivity index (χ0v) is 20.2. The maximum absolute atomic E-state index is 4.55. The summed E-state index contributed by atoms with van der Waals surface area (Å²) in [5, 5.41) is 0. The number of hydrogen-bond acceptors (Lipinski definition) is 0. The minimum Gasteiger partial charge on any atom is -0.663 e. The summed E-state index contributed by atoms with van der Waals surface area (Å²) in [6.07, 6.45) is 1.06. The first-order valence-corrected chi connectivity index (χ1v) is 10.9. The molecular formula is C21H34N2SiTi. The van der Waals surface area contributed by atoms with Crippen LogP contribution in [-0.2, 0) is 35.2 Å². The number of nitrogens with zero attached hydrogens (tertiary/aromatic N) is 2. The van der Waals surface area contributed by atoms with Gasteiger partial charge in [-0.1, -0.05) is 42.8 Å². The van der Waals surface area contributed by atoms with Gasteiger partial charge in [0.15, 0.2) is 0 Å². The van der Waals surface area contributed by atoms with Crippen molar-refractivity contribution in [3.05, 3.63) is 67.1 Å². The largest absolute Gasteiger partial charge is 4.00 e. The van der Waals surface area contributed by atoms with Gasteiger partial charge < -0.3 is 24.4 Å². The van der Waals surface area contributed by atoms with Gasteiger partial charge in [0, 0.05) is 18.4 Å². The van der Waals surface area contributed by atoms with E-state index in [4.69, 9.17) is 0 Å². The Morgan fingerprint density at radius 1 is 1.16 bits per heavy atom. The van der Waals surface area contributed by atoms with E-state index in [9.17, 15) is 0 Å². The van der Waals surface area contributed by atoms with Crippen LogP contribution in [0.25, 0.3) is 16.1 Å². The summed E-state index contributed by atoms with van der Waals surface area (Å²) in [5.74, 6) is 0. The van der Waals surface area contributed by atoms with E-state index in [1.165, 1.54) is 28.1 Å². The fourth-order valence-corrected chi connectivity index (χ4v) is 4.61. The molecule has 2 aromatic rings. The first-order valence-electron chi connectivity index (χ1n) is 8.05. The Kier molecular flexibility index (Phi) is 11.2. The van der Waals surface area contributed by atoms with Gasteiger partial charge in [-0.05, 0) is 25.0 Å². The van der Waals surface area contributed by atoms with Gasteiger partial charge in [-0.25, -0.2) is 0 Å². The van der Waals surface area contributed by atoms with Crippen LogP contribution in [0.3, 0.4) is 0 Å². The van der Waals surface area contributed by atoms with Crippen LogP contribution in [0, 0.1) is 27.8 Å². The van der Waals surface area contributed by atoms with Crippen molar-refractivity contribution < 1.29 is 21.7 Å². The van der Waals surface area contributed by atoms with Gasteiger partial charge in [-0.3, -0.25) is 0 Å². The zero-order chi connectivity index (χ0) is 16.5. The number of fused-ring (bicyclic) bond motifs is 3. The Bertz CT molecular complexity index is 654. The molecule has 0 aliphatic heterocycles. The molecule has 3 rings (SSSR count). The second-order valence-electron chi connectivity index (χ2n) is 7.36. The predicted octanol–water partition coefficient (Wildman–Crippen LogP) is 5.74. The van der Waals surface area contributed by atoms with E-state index < -0.39 is 8.96 Å². The summed E-state index contributed by atoms with van der Waals surface area (Å²) >= 11 is 0. The molecule has 0 atom stereocenters. The fourth-order valence-electron chi connectivity index (χ4n) is 3.06. The minimum absolute atomic E-state index is 0. The van der Waals surface area contributed by atoms with Crippen LogP contribution < -0.4 is 0 Å². The molecule has 0 spiro atoms. The maximum atomic E-state index is 4.55. The number of aryl methyl sites for hydroxylation is 1. The molecule has 25 heavy (non-hydrogen) atoms. The normalized spacial score (nSPS) is 11.2. The van der Waals surface area contributed by atoms with E-state index in [2.05, 4.69) is 81.7 Å². The minimum atomic E-state index is -0.671. The smallest absolute Gasteiger partial charge is 0.663 e. The van der Waals surface area contributed by atoms with Crippen molar-refractivity contribution in [3.8, 4) is 11.1 Å². The number of hydrogen-bond donors (Lipinski definition) is 0. The van der Waals surface area contributed by atoms with Crippen LogP contribution in [0.1, 0.15) is 37.7 Å². The van der Waals surface area contributed by atoms with E-state index in [1.807, 2.05) is 6.07 Å². The molecule has 0 saturated carbocycles. The zero-order valence-electron chi connectivity index (χ0n) is 17.5. The average molecular weight is 390 g/mol. The molecule has 0 amide bonds. The molecule has 136 valence electrons. The molecule has 0 bridgehead atoms. The monoisotopic (exact) mass is 390 g/mol. The summed E-state index contributed by atoms with van der Waals surface area (Å²) in [6, 6.07) is 11.7. The average Bonchev–Trinajstić information content (AvgIpc) is 2.86. The second-order valence-corrected chi connectivity index (χ2v) is 9.80. The summed E-state index contributed by atoms with van der Waals surface area (Å²) in [7, 11) is 1.47. The number of benzene rings is 1. The quantitative estimate of drug-likeness (QED) is 0.373. The van der Waals surface area contributed by atoms with Crippen molar-refractivity contribution in [1.29, 1.82) is 0 Å². The molecule has 4 heteroatoms. The molecule has 2 nitrogen and oxygen atoms in total. The molecule has 1 aliphatic carbocycles. The molecule has 0 unspecified atom stereocenters. The second kappa shape index (κ2) is 10.5. The third-order valence-electron chi connectivity index (χ3n) is 3.84. The topological polar surface area (TPSA) is 19.0 Å². The Morgan fingerprint density at radius 3 is 2.24 bits per heavy atom. The molecule has 1 heterocycles. The summed E-state index contributed by atoms with van der Waals surface area (Å²) in [5.41, 5.74) is 7.20. The van der Waals surface area contributed by atoms with Gasteiger partial charge in [0.2, 0.25) is 0 Å². The van der Waals surface area contributed by atoms with Crippen molar-refractivity contribution in [2.45, 2.75) is 52.7 Å². The Hall–Kier alpha value is -0.609. The molecule has 0 fully saturated rings. The van der Waals surface area contributed by atoms with Gasteiger partial charge in [0.05, 0.1) is 0 Å². The van der Waals surface area contributed by atoms with Crippen molar-refractivity contribution in [1.82, 2.24) is 4.57 Å². The third-order valence-corrected chi connectivity index (χ3v) is 5.13. The summed E-state index contributed by atoms with van der Waals surface area (Å²) in [4.78, 5) is 4.55. The number of rotatable bonds is 1.